The molecule has 1 aliphatic rings. The molecule has 9 heteroatoms. The van der Waals surface area contributed by atoms with Gasteiger partial charge in [-0.3, -0.25) is 0 Å². The highest BCUT2D eigenvalue weighted by molar-refractivity contribution is 6.52. The Labute approximate surface area is 161 Å². The standard InChI is InChI=1S/C19H19BF2O6/c1-23-15-7-5-12(9-17(15)25-3)14-11-27-20(21,22)28-19(14)13-6-8-16(24-2)18(10-13)26-4/h5-11H,1-4H3. The molecule has 0 atom stereocenters. The summed E-state index contributed by atoms with van der Waals surface area (Å²) in [6.45, 7) is 0. The van der Waals surface area contributed by atoms with Crippen molar-refractivity contribution in [2.24, 2.45) is 0 Å². The second-order valence-corrected chi connectivity index (χ2v) is 5.79. The molecule has 0 bridgehead atoms. The maximum absolute atomic E-state index is 13.9. The van der Waals surface area contributed by atoms with Gasteiger partial charge in [-0.2, -0.15) is 0 Å². The largest absolute Gasteiger partial charge is 0.994 e. The first-order valence-electron chi connectivity index (χ1n) is 8.31. The normalized spacial score (nSPS) is 15.1. The second kappa shape index (κ2) is 7.79. The third kappa shape index (κ3) is 3.73. The molecule has 6 nitrogen and oxygen atoms in total. The lowest BCUT2D eigenvalue weighted by Gasteiger charge is -2.22. The van der Waals surface area contributed by atoms with Gasteiger partial charge in [-0.05, 0) is 42.0 Å². The van der Waals surface area contributed by atoms with Crippen molar-refractivity contribution in [2.75, 3.05) is 28.4 Å². The van der Waals surface area contributed by atoms with Crippen LogP contribution in [0.4, 0.5) is 8.63 Å². The average Bonchev–Trinajstić information content (AvgIpc) is 2.72. The zero-order chi connectivity index (χ0) is 20.3. The first-order chi connectivity index (χ1) is 13.4. The van der Waals surface area contributed by atoms with Crippen LogP contribution in [0.25, 0.3) is 11.3 Å². The van der Waals surface area contributed by atoms with E-state index in [-0.39, 0.29) is 5.76 Å². The molecule has 0 spiro atoms. The van der Waals surface area contributed by atoms with E-state index >= 15 is 0 Å². The van der Waals surface area contributed by atoms with Crippen LogP contribution in [0, 0.1) is 0 Å². The molecule has 0 saturated heterocycles. The monoisotopic (exact) mass is 392 g/mol. The van der Waals surface area contributed by atoms with Crippen LogP contribution in [0.2, 0.25) is 0 Å². The molecule has 0 radical (unpaired) electrons. The van der Waals surface area contributed by atoms with E-state index in [9.17, 15) is 8.63 Å². The van der Waals surface area contributed by atoms with Crippen molar-refractivity contribution >= 4 is 24.7 Å². The molecule has 28 heavy (non-hydrogen) atoms. The van der Waals surface area contributed by atoms with Crippen molar-refractivity contribution in [2.45, 2.75) is 0 Å². The summed E-state index contributed by atoms with van der Waals surface area (Å²) >= 11 is 0. The molecular formula is C19H19BF2O6. The van der Waals surface area contributed by atoms with E-state index in [0.29, 0.717) is 39.7 Å². The van der Waals surface area contributed by atoms with Gasteiger partial charge in [-0.25, -0.2) is 0 Å². The molecule has 0 aliphatic carbocycles. The van der Waals surface area contributed by atoms with E-state index in [0.717, 1.165) is 6.29 Å². The lowest BCUT2D eigenvalue weighted by molar-refractivity contribution is -0.354. The SMILES string of the molecule is COc1ccc(C2=C(c3ccc(OC)c(OC)c3)O[B-](F)(F)[O+]=C2)cc1OC. The molecule has 0 unspecified atom stereocenters. The van der Waals surface area contributed by atoms with Crippen molar-refractivity contribution in [3.63, 3.8) is 0 Å². The van der Waals surface area contributed by atoms with E-state index in [1.165, 1.54) is 28.4 Å². The van der Waals surface area contributed by atoms with Gasteiger partial charge in [0.25, 0.3) is 6.29 Å². The number of methoxy groups -OCH3 is 4. The minimum Gasteiger partial charge on any atom is -0.568 e. The number of carbonyl (C=O) groups excluding carboxylic acids is 1. The predicted octanol–water partition coefficient (Wildman–Crippen LogP) is 3.73. The summed E-state index contributed by atoms with van der Waals surface area (Å²) in [7, 11) is 1.45. The molecule has 0 fully saturated rings. The molecule has 1 aliphatic heterocycles. The van der Waals surface area contributed by atoms with Crippen molar-refractivity contribution in [1.82, 2.24) is 0 Å². The van der Waals surface area contributed by atoms with Crippen molar-refractivity contribution in [1.29, 1.82) is 0 Å². The summed E-state index contributed by atoms with van der Waals surface area (Å²) in [5.41, 5.74) is 1.25. The lowest BCUT2D eigenvalue weighted by atomic mass is 9.98. The van der Waals surface area contributed by atoms with Gasteiger partial charge in [0.2, 0.25) is 0 Å². The highest BCUT2D eigenvalue weighted by Gasteiger charge is 2.52. The molecule has 0 saturated carbocycles. The van der Waals surface area contributed by atoms with Gasteiger partial charge in [0.15, 0.2) is 23.0 Å². The number of hydrogen-bond donors (Lipinski definition) is 0. The van der Waals surface area contributed by atoms with Crippen LogP contribution < -0.4 is 18.9 Å². The number of allylic oxidation sites excluding steroid dienone is 1. The number of hydrogen-bond acceptors (Lipinski definition) is 5. The van der Waals surface area contributed by atoms with Crippen molar-refractivity contribution < 1.29 is 36.6 Å². The fourth-order valence-corrected chi connectivity index (χ4v) is 2.83. The van der Waals surface area contributed by atoms with Gasteiger partial charge >= 0.3 is 7.11 Å². The summed E-state index contributed by atoms with van der Waals surface area (Å²) in [5.74, 6) is 1.74. The number of benzene rings is 2. The maximum Gasteiger partial charge on any atom is 0.994 e. The molecule has 0 amide bonds. The fraction of sp³-hybridized carbons (Fsp3) is 0.211. The van der Waals surface area contributed by atoms with Crippen LogP contribution in [-0.2, 0) is 9.00 Å². The highest BCUT2D eigenvalue weighted by Crippen LogP contribution is 2.38. The first kappa shape index (κ1) is 19.5. The van der Waals surface area contributed by atoms with Crippen LogP contribution in [0.3, 0.4) is 0 Å². The van der Waals surface area contributed by atoms with E-state index in [2.05, 4.69) is 4.34 Å². The summed E-state index contributed by atoms with van der Waals surface area (Å²) in [4.78, 5) is 0. The molecule has 0 N–H and O–H groups in total. The van der Waals surface area contributed by atoms with Gasteiger partial charge in [0.1, 0.15) is 11.3 Å². The van der Waals surface area contributed by atoms with Gasteiger partial charge in [-0.1, -0.05) is 0 Å². The molecule has 1 heterocycles. The quantitative estimate of drug-likeness (QED) is 0.426. The van der Waals surface area contributed by atoms with E-state index in [1.807, 2.05) is 0 Å². The molecule has 2 aromatic carbocycles. The molecule has 3 rings (SSSR count). The smallest absolute Gasteiger partial charge is 0.568 e. The topological polar surface area (TPSA) is 57.5 Å². The van der Waals surface area contributed by atoms with Crippen LogP contribution in [-0.4, -0.2) is 41.8 Å². The lowest BCUT2D eigenvalue weighted by Crippen LogP contribution is -2.32. The Bertz CT molecular complexity index is 942. The zero-order valence-corrected chi connectivity index (χ0v) is 15.8. The number of aldehydes is 1. The van der Waals surface area contributed by atoms with Crippen LogP contribution >= 0.6 is 0 Å². The molecular weight excluding hydrogens is 373 g/mol. The van der Waals surface area contributed by atoms with Crippen LogP contribution in [0.1, 0.15) is 11.1 Å². The van der Waals surface area contributed by atoms with Crippen LogP contribution in [0.5, 0.6) is 23.0 Å². The van der Waals surface area contributed by atoms with E-state index < -0.39 is 7.11 Å². The summed E-state index contributed by atoms with van der Waals surface area (Å²) in [6.07, 6.45) is 0.983. The Kier molecular flexibility index (Phi) is 5.44. The Morgan fingerprint density at radius 3 is 1.79 bits per heavy atom. The predicted molar refractivity (Wildman–Crippen MR) is 101 cm³/mol. The minimum absolute atomic E-state index is 0.0515. The zero-order valence-electron chi connectivity index (χ0n) is 15.8. The minimum atomic E-state index is -4.50. The Balaban J connectivity index is 2.18. The highest BCUT2D eigenvalue weighted by atomic mass is 19.3. The van der Waals surface area contributed by atoms with Crippen LogP contribution in [0.15, 0.2) is 36.4 Å². The Hall–Kier alpha value is -3.23. The third-order valence-corrected chi connectivity index (χ3v) is 4.18. The van der Waals surface area contributed by atoms with Crippen molar-refractivity contribution in [3.05, 3.63) is 47.5 Å². The van der Waals surface area contributed by atoms with E-state index in [4.69, 9.17) is 23.6 Å². The first-order valence-corrected chi connectivity index (χ1v) is 8.31. The third-order valence-electron chi connectivity index (χ3n) is 4.18. The Morgan fingerprint density at radius 1 is 0.750 bits per heavy atom. The van der Waals surface area contributed by atoms with Crippen molar-refractivity contribution in [3.8, 4) is 23.0 Å². The Morgan fingerprint density at radius 2 is 1.25 bits per heavy atom. The van der Waals surface area contributed by atoms with Gasteiger partial charge < -0.3 is 36.6 Å². The van der Waals surface area contributed by atoms with Gasteiger partial charge in [0.05, 0.1) is 28.4 Å². The fourth-order valence-electron chi connectivity index (χ4n) is 2.83. The maximum atomic E-state index is 13.9. The summed E-state index contributed by atoms with van der Waals surface area (Å²) < 4.78 is 58.1. The number of rotatable bonds is 6. The number of ether oxygens (including phenoxy) is 4. The van der Waals surface area contributed by atoms with E-state index in [1.54, 1.807) is 36.4 Å². The summed E-state index contributed by atoms with van der Waals surface area (Å²) in [5, 5.41) is 0. The number of halogens is 2. The van der Waals surface area contributed by atoms with Gasteiger partial charge in [-0.15, -0.1) is 0 Å². The average molecular weight is 392 g/mol. The molecule has 148 valence electrons. The molecule has 0 aromatic heterocycles. The second-order valence-electron chi connectivity index (χ2n) is 5.79. The summed E-state index contributed by atoms with van der Waals surface area (Å²) in [6, 6.07) is 9.77. The van der Waals surface area contributed by atoms with Gasteiger partial charge in [0, 0.05) is 5.56 Å². The molecule has 2 aromatic rings.